The van der Waals surface area contributed by atoms with Crippen molar-refractivity contribution in [3.05, 3.63) is 59.6 Å². The van der Waals surface area contributed by atoms with Crippen molar-refractivity contribution in [3.63, 3.8) is 0 Å². The Morgan fingerprint density at radius 1 is 1.17 bits per heavy atom. The van der Waals surface area contributed by atoms with Crippen LogP contribution in [0.4, 0.5) is 4.79 Å². The van der Waals surface area contributed by atoms with Gasteiger partial charge in [0.15, 0.2) is 11.5 Å². The smallest absolute Gasteiger partial charge is 0.322 e. The number of nitrogens with one attached hydrogen (secondary N) is 1. The molecule has 5 rings (SSSR count). The fourth-order valence-electron chi connectivity index (χ4n) is 4.60. The Morgan fingerprint density at radius 2 is 1.97 bits per heavy atom. The molecule has 3 heterocycles. The molecule has 0 aliphatic carbocycles. The van der Waals surface area contributed by atoms with Crippen LogP contribution in [0.5, 0.6) is 17.2 Å². The van der Waals surface area contributed by atoms with Crippen LogP contribution in [0.1, 0.15) is 37.3 Å². The number of aromatic hydroxyl groups is 1. The minimum atomic E-state index is -0.626. The summed E-state index contributed by atoms with van der Waals surface area (Å²) in [4.78, 5) is 19.5. The molecule has 3 aromatic rings. The van der Waals surface area contributed by atoms with Crippen molar-refractivity contribution in [1.29, 1.82) is 0 Å². The van der Waals surface area contributed by atoms with E-state index in [1.54, 1.807) is 30.2 Å². The number of hydrogen-bond donors (Lipinski definition) is 2. The van der Waals surface area contributed by atoms with Crippen molar-refractivity contribution in [1.82, 2.24) is 20.4 Å². The lowest BCUT2D eigenvalue weighted by atomic mass is 9.94. The number of benzene rings is 2. The topological polar surface area (TPSA) is 119 Å². The molecule has 2 aromatic carbocycles. The van der Waals surface area contributed by atoms with Gasteiger partial charge in [-0.3, -0.25) is 4.90 Å². The summed E-state index contributed by atoms with van der Waals surface area (Å²) in [5.74, 6) is 1.71. The number of hydrogen-bond acceptors (Lipinski definition) is 8. The van der Waals surface area contributed by atoms with Crippen LogP contribution < -0.4 is 14.8 Å². The van der Waals surface area contributed by atoms with E-state index < -0.39 is 6.04 Å². The van der Waals surface area contributed by atoms with E-state index in [4.69, 9.17) is 18.7 Å². The van der Waals surface area contributed by atoms with Crippen LogP contribution in [0.25, 0.3) is 17.0 Å². The van der Waals surface area contributed by atoms with Crippen LogP contribution in [0.15, 0.2) is 52.7 Å². The highest BCUT2D eigenvalue weighted by Crippen LogP contribution is 2.40. The molecule has 1 saturated heterocycles. The van der Waals surface area contributed by atoms with Gasteiger partial charge in [0.2, 0.25) is 5.82 Å². The number of urea groups is 1. The lowest BCUT2D eigenvalue weighted by Crippen LogP contribution is -2.48. The maximum atomic E-state index is 13.2. The zero-order valence-electron chi connectivity index (χ0n) is 20.4. The molecule has 2 N–H and O–H groups in total. The first-order valence-electron chi connectivity index (χ1n) is 11.7. The maximum absolute atomic E-state index is 13.2. The lowest BCUT2D eigenvalue weighted by molar-refractivity contribution is 0.0877. The second-order valence-corrected chi connectivity index (χ2v) is 8.71. The molecule has 2 atom stereocenters. The Hall–Kier alpha value is -4.05. The number of methoxy groups -OCH3 is 2. The van der Waals surface area contributed by atoms with Crippen LogP contribution in [0.3, 0.4) is 0 Å². The minimum absolute atomic E-state index is 0.0347. The van der Waals surface area contributed by atoms with Crippen LogP contribution in [0.2, 0.25) is 0 Å². The first-order chi connectivity index (χ1) is 17.5. The molecule has 2 unspecified atom stereocenters. The quantitative estimate of drug-likeness (QED) is 0.505. The number of nitrogens with zero attached hydrogens (tertiary/aromatic N) is 3. The van der Waals surface area contributed by atoms with Gasteiger partial charge in [0.25, 0.3) is 5.89 Å². The molecule has 0 radical (unpaired) electrons. The van der Waals surface area contributed by atoms with Gasteiger partial charge in [0.1, 0.15) is 5.75 Å². The van der Waals surface area contributed by atoms with Crippen LogP contribution in [0, 0.1) is 0 Å². The molecule has 1 aromatic heterocycles. The molecular formula is C26H28N4O6. The van der Waals surface area contributed by atoms with E-state index in [1.165, 1.54) is 7.11 Å². The average molecular weight is 493 g/mol. The fourth-order valence-corrected chi connectivity index (χ4v) is 4.60. The molecule has 0 bridgehead atoms. The van der Waals surface area contributed by atoms with Crippen molar-refractivity contribution < 1.29 is 28.6 Å². The van der Waals surface area contributed by atoms with Gasteiger partial charge >= 0.3 is 6.03 Å². The number of phenolic OH excluding ortho intramolecular Hbond substituents is 1. The standard InChI is InChI=1S/C26H28N4O6/c1-15-22(25-28-24(29-36-25)16-6-9-18(33-2)10-7-16)23(17-8-11-21(34-3)20(31)13-17)27-26(32)30(15)14-19-5-4-12-35-19/h6-11,13,19,23,31H,4-5,12,14H2,1-3H3,(H,27,32). The molecule has 2 amide bonds. The van der Waals surface area contributed by atoms with E-state index in [2.05, 4.69) is 15.5 Å². The number of phenols is 1. The summed E-state index contributed by atoms with van der Waals surface area (Å²) in [5.41, 5.74) is 2.74. The zero-order valence-corrected chi connectivity index (χ0v) is 20.4. The molecule has 10 nitrogen and oxygen atoms in total. The van der Waals surface area contributed by atoms with Crippen molar-refractivity contribution in [3.8, 4) is 28.6 Å². The number of amides is 2. The highest BCUT2D eigenvalue weighted by Gasteiger charge is 2.37. The highest BCUT2D eigenvalue weighted by atomic mass is 16.5. The second-order valence-electron chi connectivity index (χ2n) is 8.71. The lowest BCUT2D eigenvalue weighted by Gasteiger charge is -2.36. The highest BCUT2D eigenvalue weighted by molar-refractivity contribution is 5.87. The van der Waals surface area contributed by atoms with Gasteiger partial charge in [0.05, 0.1) is 38.5 Å². The predicted octanol–water partition coefficient (Wildman–Crippen LogP) is 4.14. The summed E-state index contributed by atoms with van der Waals surface area (Å²) >= 11 is 0. The van der Waals surface area contributed by atoms with E-state index in [9.17, 15) is 9.90 Å². The molecule has 10 heteroatoms. The Labute approximate surface area is 208 Å². The van der Waals surface area contributed by atoms with E-state index in [-0.39, 0.29) is 23.8 Å². The first-order valence-corrected chi connectivity index (χ1v) is 11.7. The van der Waals surface area contributed by atoms with Crippen LogP contribution in [-0.4, -0.2) is 59.7 Å². The van der Waals surface area contributed by atoms with Gasteiger partial charge < -0.3 is 29.2 Å². The summed E-state index contributed by atoms with van der Waals surface area (Å²) in [7, 11) is 3.09. The Morgan fingerprint density at radius 3 is 2.64 bits per heavy atom. The predicted molar refractivity (Wildman–Crippen MR) is 130 cm³/mol. The second kappa shape index (κ2) is 9.90. The summed E-state index contributed by atoms with van der Waals surface area (Å²) < 4.78 is 21.9. The van der Waals surface area contributed by atoms with Gasteiger partial charge in [-0.15, -0.1) is 0 Å². The van der Waals surface area contributed by atoms with E-state index >= 15 is 0 Å². The third kappa shape index (κ3) is 4.47. The Bertz CT molecular complexity index is 1280. The largest absolute Gasteiger partial charge is 0.504 e. The molecule has 2 aliphatic rings. The van der Waals surface area contributed by atoms with Crippen molar-refractivity contribution in [2.75, 3.05) is 27.4 Å². The summed E-state index contributed by atoms with van der Waals surface area (Å²) in [5, 5.41) is 17.6. The summed E-state index contributed by atoms with van der Waals surface area (Å²) in [6, 6.07) is 11.5. The van der Waals surface area contributed by atoms with Gasteiger partial charge in [-0.05, 0) is 61.7 Å². The molecule has 2 aliphatic heterocycles. The molecule has 0 saturated carbocycles. The summed E-state index contributed by atoms with van der Waals surface area (Å²) in [6.45, 7) is 2.97. The Kier molecular flexibility index (Phi) is 6.51. The minimum Gasteiger partial charge on any atom is -0.504 e. The average Bonchev–Trinajstić information content (AvgIpc) is 3.59. The monoisotopic (exact) mass is 492 g/mol. The summed E-state index contributed by atoms with van der Waals surface area (Å²) in [6.07, 6.45) is 1.83. The van der Waals surface area contributed by atoms with Crippen LogP contribution in [-0.2, 0) is 4.74 Å². The van der Waals surface area contributed by atoms with Gasteiger partial charge in [-0.25, -0.2) is 4.79 Å². The molecule has 188 valence electrons. The van der Waals surface area contributed by atoms with Gasteiger partial charge in [0, 0.05) is 17.9 Å². The molecule has 1 fully saturated rings. The maximum Gasteiger partial charge on any atom is 0.322 e. The number of ether oxygens (including phenoxy) is 3. The van der Waals surface area contributed by atoms with E-state index in [0.29, 0.717) is 41.6 Å². The van der Waals surface area contributed by atoms with E-state index in [0.717, 1.165) is 24.2 Å². The first kappa shape index (κ1) is 23.7. The zero-order chi connectivity index (χ0) is 25.2. The molecular weight excluding hydrogens is 464 g/mol. The van der Waals surface area contributed by atoms with E-state index in [1.807, 2.05) is 31.2 Å². The number of carbonyl (C=O) groups is 1. The van der Waals surface area contributed by atoms with Crippen LogP contribution >= 0.6 is 0 Å². The molecule has 0 spiro atoms. The normalized spacial score (nSPS) is 20.0. The van der Waals surface area contributed by atoms with Crippen molar-refractivity contribution >= 4 is 11.6 Å². The number of allylic oxidation sites excluding steroid dienone is 1. The third-order valence-corrected chi connectivity index (χ3v) is 6.55. The molecule has 36 heavy (non-hydrogen) atoms. The third-order valence-electron chi connectivity index (χ3n) is 6.55. The fraction of sp³-hybridized carbons (Fsp3) is 0.346. The number of aromatic nitrogens is 2. The Balaban J connectivity index is 1.56. The van der Waals surface area contributed by atoms with Gasteiger partial charge in [-0.2, -0.15) is 4.98 Å². The van der Waals surface area contributed by atoms with Gasteiger partial charge in [-0.1, -0.05) is 11.2 Å². The number of carbonyl (C=O) groups excluding carboxylic acids is 1. The number of rotatable bonds is 7. The van der Waals surface area contributed by atoms with Crippen molar-refractivity contribution in [2.24, 2.45) is 0 Å². The van der Waals surface area contributed by atoms with Crippen molar-refractivity contribution in [2.45, 2.75) is 31.9 Å². The SMILES string of the molecule is COc1ccc(-c2noc(C3=C(C)N(CC4CCCO4)C(=O)NC3c3ccc(OC)c(O)c3)n2)cc1.